The van der Waals surface area contributed by atoms with E-state index in [1.807, 2.05) is 24.3 Å². The molecular weight excluding hydrogens is 370 g/mol. The summed E-state index contributed by atoms with van der Waals surface area (Å²) in [5.74, 6) is 0.586. The number of aryl methyl sites for hydroxylation is 2. The minimum absolute atomic E-state index is 0.0944. The van der Waals surface area contributed by atoms with Gasteiger partial charge in [0.2, 0.25) is 0 Å². The number of aromatic nitrogens is 2. The third kappa shape index (κ3) is 3.41. The van der Waals surface area contributed by atoms with E-state index in [1.165, 1.54) is 0 Å². The van der Waals surface area contributed by atoms with Gasteiger partial charge in [-0.3, -0.25) is 9.13 Å². The highest BCUT2D eigenvalue weighted by Crippen LogP contribution is 2.33. The van der Waals surface area contributed by atoms with Crippen LogP contribution in [0.25, 0.3) is 11.0 Å². The molecule has 0 atom stereocenters. The van der Waals surface area contributed by atoms with Gasteiger partial charge in [0, 0.05) is 27.2 Å². The number of ether oxygens (including phenoxy) is 1. The van der Waals surface area contributed by atoms with Crippen LogP contribution in [-0.4, -0.2) is 35.4 Å². The lowest BCUT2D eigenvalue weighted by Gasteiger charge is -2.22. The van der Waals surface area contributed by atoms with Crippen molar-refractivity contribution in [2.45, 2.75) is 12.8 Å². The molecule has 0 unspecified atom stereocenters. The number of imidazole rings is 1. The van der Waals surface area contributed by atoms with Gasteiger partial charge in [-0.15, -0.1) is 0 Å². The monoisotopic (exact) mass is 395 g/mol. The molecule has 2 heterocycles. The van der Waals surface area contributed by atoms with E-state index in [9.17, 15) is 9.59 Å². The number of anilines is 3. The number of amides is 2. The average Bonchev–Trinajstić information content (AvgIpc) is 3.32. The lowest BCUT2D eigenvalue weighted by atomic mass is 10.2. The molecule has 152 valence electrons. The largest absolute Gasteiger partial charge is 0.495 e. The fraction of sp³-hybridized carbons (Fsp3) is 0.333. The number of carbonyl (C=O) groups excluding carboxylic acids is 1. The topological polar surface area (TPSA) is 80.5 Å². The molecule has 1 fully saturated rings. The van der Waals surface area contributed by atoms with Crippen LogP contribution in [0.15, 0.2) is 41.2 Å². The van der Waals surface area contributed by atoms with Crippen LogP contribution in [0.2, 0.25) is 0 Å². The molecule has 1 saturated heterocycles. The summed E-state index contributed by atoms with van der Waals surface area (Å²) in [6.07, 6.45) is 2.22. The summed E-state index contributed by atoms with van der Waals surface area (Å²) >= 11 is 0. The minimum Gasteiger partial charge on any atom is -0.495 e. The molecular formula is C21H25N5O3. The highest BCUT2D eigenvalue weighted by atomic mass is 16.5. The maximum absolute atomic E-state index is 12.7. The molecule has 1 aliphatic rings. The van der Waals surface area contributed by atoms with Crippen LogP contribution < -0.4 is 26.0 Å². The van der Waals surface area contributed by atoms with Gasteiger partial charge in [0.05, 0.1) is 35.2 Å². The number of carbonyl (C=O) groups is 1. The molecule has 2 N–H and O–H groups in total. The number of fused-ring (bicyclic) bond motifs is 1. The molecule has 4 rings (SSSR count). The predicted octanol–water partition coefficient (Wildman–Crippen LogP) is 3.13. The van der Waals surface area contributed by atoms with Crippen molar-refractivity contribution in [3.8, 4) is 5.75 Å². The molecule has 0 aliphatic carbocycles. The summed E-state index contributed by atoms with van der Waals surface area (Å²) in [5.41, 5.74) is 3.70. The van der Waals surface area contributed by atoms with Gasteiger partial charge in [-0.1, -0.05) is 12.1 Å². The van der Waals surface area contributed by atoms with E-state index in [-0.39, 0.29) is 11.7 Å². The molecule has 2 aromatic carbocycles. The molecule has 29 heavy (non-hydrogen) atoms. The van der Waals surface area contributed by atoms with Crippen molar-refractivity contribution in [2.24, 2.45) is 14.1 Å². The van der Waals surface area contributed by atoms with Crippen LogP contribution in [0.5, 0.6) is 5.75 Å². The molecule has 0 radical (unpaired) electrons. The van der Waals surface area contributed by atoms with Gasteiger partial charge in [-0.05, 0) is 37.1 Å². The van der Waals surface area contributed by atoms with Crippen molar-refractivity contribution >= 4 is 34.1 Å². The molecule has 8 heteroatoms. The van der Waals surface area contributed by atoms with Crippen molar-refractivity contribution in [1.29, 1.82) is 0 Å². The first kappa shape index (κ1) is 18.9. The zero-order valence-corrected chi connectivity index (χ0v) is 16.9. The van der Waals surface area contributed by atoms with Crippen LogP contribution in [0.1, 0.15) is 12.8 Å². The first-order valence-corrected chi connectivity index (χ1v) is 9.65. The maximum atomic E-state index is 12.7. The van der Waals surface area contributed by atoms with Gasteiger partial charge in [0.1, 0.15) is 5.75 Å². The van der Waals surface area contributed by atoms with Crippen LogP contribution >= 0.6 is 0 Å². The SMILES string of the molecule is COc1ccccc1NC(=O)Nc1cc2c(cc1N1CCCC1)n(C)c(=O)n2C. The fourth-order valence-electron chi connectivity index (χ4n) is 3.88. The van der Waals surface area contributed by atoms with Crippen LogP contribution in [0.4, 0.5) is 21.9 Å². The number of para-hydroxylation sites is 2. The van der Waals surface area contributed by atoms with Crippen molar-refractivity contribution in [3.63, 3.8) is 0 Å². The Bertz CT molecular complexity index is 1130. The summed E-state index contributed by atoms with van der Waals surface area (Å²) in [5, 5.41) is 5.80. The Hall–Kier alpha value is -3.42. The summed E-state index contributed by atoms with van der Waals surface area (Å²) in [6, 6.07) is 10.7. The van der Waals surface area contributed by atoms with Gasteiger partial charge >= 0.3 is 11.7 Å². The maximum Gasteiger partial charge on any atom is 0.328 e. The van der Waals surface area contributed by atoms with Gasteiger partial charge in [-0.25, -0.2) is 9.59 Å². The molecule has 0 saturated carbocycles. The van der Waals surface area contributed by atoms with Crippen LogP contribution in [0, 0.1) is 0 Å². The zero-order valence-electron chi connectivity index (χ0n) is 16.9. The number of hydrogen-bond acceptors (Lipinski definition) is 4. The smallest absolute Gasteiger partial charge is 0.328 e. The van der Waals surface area contributed by atoms with E-state index in [2.05, 4.69) is 15.5 Å². The first-order valence-electron chi connectivity index (χ1n) is 9.65. The Morgan fingerprint density at radius 1 is 0.966 bits per heavy atom. The van der Waals surface area contributed by atoms with E-state index in [1.54, 1.807) is 42.5 Å². The number of methoxy groups -OCH3 is 1. The Labute approximate surface area is 168 Å². The summed E-state index contributed by atoms with van der Waals surface area (Å²) in [4.78, 5) is 27.4. The highest BCUT2D eigenvalue weighted by molar-refractivity contribution is 6.04. The van der Waals surface area contributed by atoms with Crippen LogP contribution in [-0.2, 0) is 14.1 Å². The number of rotatable bonds is 4. The lowest BCUT2D eigenvalue weighted by molar-refractivity contribution is 0.262. The quantitative estimate of drug-likeness (QED) is 0.711. The second-order valence-corrected chi connectivity index (χ2v) is 7.23. The molecule has 0 spiro atoms. The molecule has 1 aromatic heterocycles. The predicted molar refractivity (Wildman–Crippen MR) is 115 cm³/mol. The first-order chi connectivity index (χ1) is 14.0. The lowest BCUT2D eigenvalue weighted by Crippen LogP contribution is -2.24. The van der Waals surface area contributed by atoms with Crippen molar-refractivity contribution in [1.82, 2.24) is 9.13 Å². The minimum atomic E-state index is -0.366. The average molecular weight is 395 g/mol. The number of nitrogens with zero attached hydrogens (tertiary/aromatic N) is 3. The molecule has 0 bridgehead atoms. The van der Waals surface area contributed by atoms with Gasteiger partial charge in [0.25, 0.3) is 0 Å². The Balaban J connectivity index is 1.71. The number of benzene rings is 2. The number of urea groups is 1. The Morgan fingerprint density at radius 2 is 1.59 bits per heavy atom. The summed E-state index contributed by atoms with van der Waals surface area (Å²) in [7, 11) is 5.06. The van der Waals surface area contributed by atoms with E-state index in [0.717, 1.165) is 42.7 Å². The van der Waals surface area contributed by atoms with Gasteiger partial charge < -0.3 is 20.3 Å². The highest BCUT2D eigenvalue weighted by Gasteiger charge is 2.21. The zero-order chi connectivity index (χ0) is 20.5. The standard InChI is InChI=1S/C21H25N5O3/c1-24-17-12-15(23-20(27)22-14-8-4-5-9-19(14)29-3)16(26-10-6-7-11-26)13-18(17)25(2)21(24)28/h4-5,8-9,12-13H,6-7,10-11H2,1-3H3,(H2,22,23,27). The van der Waals surface area contributed by atoms with Crippen molar-refractivity contribution < 1.29 is 9.53 Å². The normalized spacial score (nSPS) is 13.7. The van der Waals surface area contributed by atoms with E-state index in [4.69, 9.17) is 4.74 Å². The van der Waals surface area contributed by atoms with Gasteiger partial charge in [-0.2, -0.15) is 0 Å². The molecule has 2 amide bonds. The van der Waals surface area contributed by atoms with Gasteiger partial charge in [0.15, 0.2) is 0 Å². The fourth-order valence-corrected chi connectivity index (χ4v) is 3.88. The second-order valence-electron chi connectivity index (χ2n) is 7.23. The number of nitrogens with one attached hydrogen (secondary N) is 2. The molecule has 3 aromatic rings. The van der Waals surface area contributed by atoms with E-state index >= 15 is 0 Å². The van der Waals surface area contributed by atoms with Crippen LogP contribution in [0.3, 0.4) is 0 Å². The summed E-state index contributed by atoms with van der Waals surface area (Å²) < 4.78 is 8.52. The Morgan fingerprint density at radius 3 is 2.28 bits per heavy atom. The van der Waals surface area contributed by atoms with E-state index in [0.29, 0.717) is 17.1 Å². The second kappa shape index (κ2) is 7.54. The summed E-state index contributed by atoms with van der Waals surface area (Å²) in [6.45, 7) is 1.85. The molecule has 8 nitrogen and oxygen atoms in total. The molecule has 1 aliphatic heterocycles. The van der Waals surface area contributed by atoms with Crippen molar-refractivity contribution in [2.75, 3.05) is 35.7 Å². The third-order valence-electron chi connectivity index (χ3n) is 5.44. The number of hydrogen-bond donors (Lipinski definition) is 2. The Kier molecular flexibility index (Phi) is 4.92. The third-order valence-corrected chi connectivity index (χ3v) is 5.44. The van der Waals surface area contributed by atoms with Crippen molar-refractivity contribution in [3.05, 3.63) is 46.9 Å². The van der Waals surface area contributed by atoms with E-state index < -0.39 is 0 Å².